The largest absolute Gasteiger partial charge is 0.489 e. The summed E-state index contributed by atoms with van der Waals surface area (Å²) in [5.74, 6) is 0.743. The van der Waals surface area contributed by atoms with Crippen LogP contribution in [0.15, 0.2) is 48.8 Å². The summed E-state index contributed by atoms with van der Waals surface area (Å²) in [6.07, 6.45) is 6.04. The lowest BCUT2D eigenvalue weighted by Gasteiger charge is -2.32. The van der Waals surface area contributed by atoms with Crippen LogP contribution in [-0.4, -0.2) is 48.1 Å². The van der Waals surface area contributed by atoms with E-state index in [4.69, 9.17) is 4.74 Å². The highest BCUT2D eigenvalue weighted by Crippen LogP contribution is 2.21. The van der Waals surface area contributed by atoms with Gasteiger partial charge in [-0.1, -0.05) is 18.2 Å². The molecule has 148 valence electrons. The Morgan fingerprint density at radius 2 is 1.96 bits per heavy atom. The van der Waals surface area contributed by atoms with Crippen molar-refractivity contribution in [1.29, 1.82) is 0 Å². The maximum atomic E-state index is 12.7. The first-order valence-corrected chi connectivity index (χ1v) is 9.57. The average molecular weight is 382 g/mol. The molecule has 28 heavy (non-hydrogen) atoms. The van der Waals surface area contributed by atoms with Crippen molar-refractivity contribution in [3.05, 3.63) is 54.4 Å². The third-order valence-electron chi connectivity index (χ3n) is 4.83. The molecular formula is C21H26N4O3. The van der Waals surface area contributed by atoms with E-state index < -0.39 is 0 Å². The summed E-state index contributed by atoms with van der Waals surface area (Å²) in [4.78, 5) is 30.0. The van der Waals surface area contributed by atoms with Gasteiger partial charge in [0.25, 0.3) is 0 Å². The number of pyridine rings is 1. The minimum Gasteiger partial charge on any atom is -0.489 e. The number of piperidine rings is 1. The number of ether oxygens (including phenoxy) is 1. The lowest BCUT2D eigenvalue weighted by atomic mass is 10.1. The van der Waals surface area contributed by atoms with E-state index in [1.807, 2.05) is 36.4 Å². The summed E-state index contributed by atoms with van der Waals surface area (Å²) in [6.45, 7) is 1.27. The predicted molar refractivity (Wildman–Crippen MR) is 107 cm³/mol. The van der Waals surface area contributed by atoms with Crippen LogP contribution in [0.4, 0.5) is 10.5 Å². The molecule has 1 saturated heterocycles. The van der Waals surface area contributed by atoms with Gasteiger partial charge in [0.2, 0.25) is 5.91 Å². The smallest absolute Gasteiger partial charge is 0.321 e. The van der Waals surface area contributed by atoms with Crippen LogP contribution < -0.4 is 15.4 Å². The second-order valence-electron chi connectivity index (χ2n) is 6.75. The molecule has 2 N–H and O–H groups in total. The molecular weight excluding hydrogens is 356 g/mol. The van der Waals surface area contributed by atoms with E-state index in [9.17, 15) is 9.59 Å². The number of carbonyl (C=O) groups is 2. The van der Waals surface area contributed by atoms with Gasteiger partial charge in [-0.25, -0.2) is 4.79 Å². The second-order valence-corrected chi connectivity index (χ2v) is 6.75. The van der Waals surface area contributed by atoms with Gasteiger partial charge in [0.15, 0.2) is 0 Å². The van der Waals surface area contributed by atoms with Crippen molar-refractivity contribution in [2.45, 2.75) is 31.8 Å². The lowest BCUT2D eigenvalue weighted by Crippen LogP contribution is -2.43. The zero-order valence-corrected chi connectivity index (χ0v) is 16.1. The fraction of sp³-hybridized carbons (Fsp3) is 0.381. The first-order valence-electron chi connectivity index (χ1n) is 9.57. The summed E-state index contributed by atoms with van der Waals surface area (Å²) in [6, 6.07) is 11.2. The topological polar surface area (TPSA) is 83.6 Å². The number of para-hydroxylation sites is 1. The molecule has 0 aliphatic carbocycles. The molecule has 3 amide bonds. The van der Waals surface area contributed by atoms with Gasteiger partial charge in [-0.05, 0) is 30.2 Å². The van der Waals surface area contributed by atoms with Crippen molar-refractivity contribution < 1.29 is 14.3 Å². The number of hydrogen-bond donors (Lipinski definition) is 2. The normalized spacial score (nSPS) is 14.4. The van der Waals surface area contributed by atoms with Crippen LogP contribution in [0.2, 0.25) is 0 Å². The van der Waals surface area contributed by atoms with Crippen molar-refractivity contribution in [3.8, 4) is 5.75 Å². The number of benzene rings is 1. The Kier molecular flexibility index (Phi) is 6.84. The fourth-order valence-electron chi connectivity index (χ4n) is 3.21. The van der Waals surface area contributed by atoms with E-state index in [-0.39, 0.29) is 18.0 Å². The highest BCUT2D eigenvalue weighted by molar-refractivity contribution is 5.90. The Labute approximate surface area is 165 Å². The van der Waals surface area contributed by atoms with Crippen molar-refractivity contribution in [2.75, 3.05) is 25.5 Å². The molecule has 1 fully saturated rings. The minimum atomic E-state index is -0.118. The van der Waals surface area contributed by atoms with Gasteiger partial charge in [0.05, 0.1) is 6.20 Å². The SMILES string of the molecule is CNC(=O)CCc1ccccc1NC(=O)N1CCC(Oc2cccnc2)CC1. The monoisotopic (exact) mass is 382 g/mol. The van der Waals surface area contributed by atoms with Crippen LogP contribution in [0.1, 0.15) is 24.8 Å². The molecule has 7 nitrogen and oxygen atoms in total. The number of nitrogens with zero attached hydrogens (tertiary/aromatic N) is 2. The summed E-state index contributed by atoms with van der Waals surface area (Å²) in [5.41, 5.74) is 1.71. The quantitative estimate of drug-likeness (QED) is 0.805. The fourth-order valence-corrected chi connectivity index (χ4v) is 3.21. The van der Waals surface area contributed by atoms with Crippen molar-refractivity contribution in [3.63, 3.8) is 0 Å². The molecule has 0 saturated carbocycles. The number of anilines is 1. The number of aromatic nitrogens is 1. The van der Waals surface area contributed by atoms with Gasteiger partial charge in [0.1, 0.15) is 11.9 Å². The summed E-state index contributed by atoms with van der Waals surface area (Å²) in [7, 11) is 1.62. The molecule has 1 aliphatic heterocycles. The highest BCUT2D eigenvalue weighted by atomic mass is 16.5. The predicted octanol–water partition coefficient (Wildman–Crippen LogP) is 2.84. The Morgan fingerprint density at radius 3 is 2.68 bits per heavy atom. The zero-order valence-electron chi connectivity index (χ0n) is 16.1. The van der Waals surface area contributed by atoms with Crippen LogP contribution >= 0.6 is 0 Å². The van der Waals surface area contributed by atoms with E-state index in [1.54, 1.807) is 24.3 Å². The number of rotatable bonds is 6. The Hall–Kier alpha value is -3.09. The van der Waals surface area contributed by atoms with E-state index in [0.717, 1.165) is 29.8 Å². The van der Waals surface area contributed by atoms with Crippen molar-refractivity contribution in [1.82, 2.24) is 15.2 Å². The van der Waals surface area contributed by atoms with Crippen LogP contribution in [0.5, 0.6) is 5.75 Å². The average Bonchev–Trinajstić information content (AvgIpc) is 2.74. The number of aryl methyl sites for hydroxylation is 1. The first-order chi connectivity index (χ1) is 13.7. The molecule has 7 heteroatoms. The Bertz CT molecular complexity index is 789. The van der Waals surface area contributed by atoms with E-state index >= 15 is 0 Å². The molecule has 2 heterocycles. The van der Waals surface area contributed by atoms with Gasteiger partial charge in [-0.2, -0.15) is 0 Å². The number of amides is 3. The minimum absolute atomic E-state index is 0.0168. The standard InChI is InChI=1S/C21H26N4O3/c1-22-20(26)9-8-16-5-2-3-7-19(16)24-21(27)25-13-10-17(11-14-25)28-18-6-4-12-23-15-18/h2-7,12,15,17H,8-11,13-14H2,1H3,(H,22,26)(H,24,27). The van der Waals surface area contributed by atoms with Crippen LogP contribution in [0.3, 0.4) is 0 Å². The molecule has 1 aromatic heterocycles. The number of carbonyl (C=O) groups excluding carboxylic acids is 2. The molecule has 3 rings (SSSR count). The lowest BCUT2D eigenvalue weighted by molar-refractivity contribution is -0.120. The summed E-state index contributed by atoms with van der Waals surface area (Å²) >= 11 is 0. The van der Waals surface area contributed by atoms with Crippen molar-refractivity contribution in [2.24, 2.45) is 0 Å². The molecule has 1 aromatic carbocycles. The molecule has 0 spiro atoms. The van der Waals surface area contributed by atoms with Crippen molar-refractivity contribution >= 4 is 17.6 Å². The number of urea groups is 1. The maximum Gasteiger partial charge on any atom is 0.321 e. The van der Waals surface area contributed by atoms with Gasteiger partial charge >= 0.3 is 6.03 Å². The molecule has 2 aromatic rings. The molecule has 0 atom stereocenters. The number of hydrogen-bond acceptors (Lipinski definition) is 4. The summed E-state index contributed by atoms with van der Waals surface area (Å²) < 4.78 is 5.93. The second kappa shape index (κ2) is 9.73. The van der Waals surface area contributed by atoms with E-state index in [2.05, 4.69) is 15.6 Å². The molecule has 1 aliphatic rings. The maximum absolute atomic E-state index is 12.7. The van der Waals surface area contributed by atoms with Gasteiger partial charge in [-0.3, -0.25) is 9.78 Å². The van der Waals surface area contributed by atoms with Crippen LogP contribution in [0, 0.1) is 0 Å². The van der Waals surface area contributed by atoms with Crippen LogP contribution in [0.25, 0.3) is 0 Å². The number of likely N-dealkylation sites (tertiary alicyclic amines) is 1. The Morgan fingerprint density at radius 1 is 1.18 bits per heavy atom. The van der Waals surface area contributed by atoms with Gasteiger partial charge in [-0.15, -0.1) is 0 Å². The third kappa shape index (κ3) is 5.45. The molecule has 0 radical (unpaired) electrons. The van der Waals surface area contributed by atoms with Gasteiger partial charge in [0, 0.05) is 51.3 Å². The van der Waals surface area contributed by atoms with E-state index in [1.165, 1.54) is 0 Å². The highest BCUT2D eigenvalue weighted by Gasteiger charge is 2.24. The van der Waals surface area contributed by atoms with Gasteiger partial charge < -0.3 is 20.3 Å². The first kappa shape index (κ1) is 19.7. The molecule has 0 unspecified atom stereocenters. The number of nitrogens with one attached hydrogen (secondary N) is 2. The van der Waals surface area contributed by atoms with E-state index in [0.29, 0.717) is 25.9 Å². The molecule has 0 bridgehead atoms. The third-order valence-corrected chi connectivity index (χ3v) is 4.83. The zero-order chi connectivity index (χ0) is 19.8. The Balaban J connectivity index is 1.51. The van der Waals surface area contributed by atoms with Crippen LogP contribution in [-0.2, 0) is 11.2 Å². The summed E-state index contributed by atoms with van der Waals surface area (Å²) in [5, 5.41) is 5.61.